The molecular formula is C19H16F6N4OS. The first kappa shape index (κ1) is 22.9. The SMILES string of the molecule is N#Cc1c(NC(NC(=O)c2ccncc2)(C(F)(F)F)C(F)(F)F)sc2c1CCCCC2. The molecule has 2 heterocycles. The van der Waals surface area contributed by atoms with Gasteiger partial charge in [-0.2, -0.15) is 31.6 Å². The molecule has 0 saturated heterocycles. The maximum Gasteiger partial charge on any atom is 0.439 e. The van der Waals surface area contributed by atoms with Crippen LogP contribution in [-0.2, 0) is 12.8 Å². The Kier molecular flexibility index (Phi) is 6.18. The van der Waals surface area contributed by atoms with Gasteiger partial charge in [0.25, 0.3) is 5.91 Å². The van der Waals surface area contributed by atoms with Crippen molar-refractivity contribution in [2.75, 3.05) is 5.32 Å². The standard InChI is InChI=1S/C19H16F6N4OS/c20-18(21,22)17(19(23,24)25,28-15(30)11-6-8-27-9-7-11)29-16-13(10-26)12-4-2-1-3-5-14(12)31-16/h6-9,29H,1-5H2,(H,28,30). The van der Waals surface area contributed by atoms with Gasteiger partial charge in [-0.15, -0.1) is 11.3 Å². The summed E-state index contributed by atoms with van der Waals surface area (Å²) in [6, 6.07) is 3.71. The Morgan fingerprint density at radius 3 is 2.23 bits per heavy atom. The van der Waals surface area contributed by atoms with Gasteiger partial charge in [0.1, 0.15) is 11.1 Å². The molecule has 0 spiro atoms. The highest BCUT2D eigenvalue weighted by Crippen LogP contribution is 2.47. The summed E-state index contributed by atoms with van der Waals surface area (Å²) in [5, 5.41) is 11.5. The van der Waals surface area contributed by atoms with Crippen LogP contribution in [0.2, 0.25) is 0 Å². The molecule has 31 heavy (non-hydrogen) atoms. The van der Waals surface area contributed by atoms with Crippen LogP contribution in [0.15, 0.2) is 24.5 Å². The number of pyridine rings is 1. The minimum absolute atomic E-state index is 0.252. The molecule has 0 saturated carbocycles. The highest BCUT2D eigenvalue weighted by Gasteiger charge is 2.73. The fraction of sp³-hybridized carbons (Fsp3) is 0.421. The number of halogens is 6. The Morgan fingerprint density at radius 2 is 1.65 bits per heavy atom. The molecule has 0 atom stereocenters. The van der Waals surface area contributed by atoms with Crippen molar-refractivity contribution in [1.82, 2.24) is 10.3 Å². The Bertz CT molecular complexity index is 980. The predicted octanol–water partition coefficient (Wildman–Crippen LogP) is 4.95. The van der Waals surface area contributed by atoms with Gasteiger partial charge < -0.3 is 10.6 Å². The maximum absolute atomic E-state index is 13.9. The van der Waals surface area contributed by atoms with E-state index in [9.17, 15) is 36.4 Å². The average Bonchev–Trinajstić information content (AvgIpc) is 2.85. The van der Waals surface area contributed by atoms with E-state index in [0.717, 1.165) is 42.7 Å². The summed E-state index contributed by atoms with van der Waals surface area (Å²) in [5.74, 6) is -1.60. The van der Waals surface area contributed by atoms with Gasteiger partial charge in [-0.3, -0.25) is 9.78 Å². The van der Waals surface area contributed by atoms with Crippen LogP contribution in [0, 0.1) is 11.3 Å². The third-order valence-corrected chi connectivity index (χ3v) is 6.14. The van der Waals surface area contributed by atoms with Gasteiger partial charge >= 0.3 is 18.0 Å². The molecule has 0 fully saturated rings. The lowest BCUT2D eigenvalue weighted by Crippen LogP contribution is -2.72. The average molecular weight is 462 g/mol. The molecule has 166 valence electrons. The number of fused-ring (bicyclic) bond motifs is 1. The van der Waals surface area contributed by atoms with Crippen molar-refractivity contribution in [2.45, 2.75) is 50.1 Å². The van der Waals surface area contributed by atoms with Crippen LogP contribution in [0.3, 0.4) is 0 Å². The molecule has 2 N–H and O–H groups in total. The van der Waals surface area contributed by atoms with Crippen molar-refractivity contribution < 1.29 is 31.1 Å². The maximum atomic E-state index is 13.9. The number of nitrogens with zero attached hydrogens (tertiary/aromatic N) is 2. The Morgan fingerprint density at radius 1 is 1.03 bits per heavy atom. The van der Waals surface area contributed by atoms with Gasteiger partial charge in [-0.25, -0.2) is 0 Å². The van der Waals surface area contributed by atoms with E-state index in [4.69, 9.17) is 0 Å². The first-order chi connectivity index (χ1) is 14.5. The number of thiophene rings is 1. The van der Waals surface area contributed by atoms with E-state index >= 15 is 0 Å². The number of hydrogen-bond donors (Lipinski definition) is 2. The lowest BCUT2D eigenvalue weighted by Gasteiger charge is -2.38. The van der Waals surface area contributed by atoms with Gasteiger partial charge in [0.2, 0.25) is 0 Å². The van der Waals surface area contributed by atoms with Crippen LogP contribution >= 0.6 is 11.3 Å². The van der Waals surface area contributed by atoms with E-state index in [-0.39, 0.29) is 5.56 Å². The van der Waals surface area contributed by atoms with Crippen LogP contribution < -0.4 is 10.6 Å². The minimum Gasteiger partial charge on any atom is -0.338 e. The summed E-state index contributed by atoms with van der Waals surface area (Å²) in [4.78, 5) is 16.5. The molecule has 1 amide bonds. The van der Waals surface area contributed by atoms with E-state index in [1.807, 2.05) is 0 Å². The summed E-state index contributed by atoms with van der Waals surface area (Å²) in [7, 11) is 0. The molecule has 5 nitrogen and oxygen atoms in total. The van der Waals surface area contributed by atoms with Crippen LogP contribution in [0.5, 0.6) is 0 Å². The molecular weight excluding hydrogens is 446 g/mol. The number of alkyl halides is 6. The molecule has 3 rings (SSSR count). The third kappa shape index (κ3) is 4.32. The summed E-state index contributed by atoms with van der Waals surface area (Å²) in [6.07, 6.45) is -6.70. The van der Waals surface area contributed by atoms with Crippen molar-refractivity contribution in [3.63, 3.8) is 0 Å². The molecule has 2 aromatic rings. The number of nitriles is 1. The second-order valence-corrected chi connectivity index (χ2v) is 8.05. The Balaban J connectivity index is 2.10. The monoisotopic (exact) mass is 462 g/mol. The molecule has 0 aromatic carbocycles. The number of aromatic nitrogens is 1. The van der Waals surface area contributed by atoms with Gasteiger partial charge in [-0.1, -0.05) is 6.42 Å². The number of aryl methyl sites for hydroxylation is 1. The summed E-state index contributed by atoms with van der Waals surface area (Å²) < 4.78 is 83.6. The molecule has 2 aromatic heterocycles. The second-order valence-electron chi connectivity index (χ2n) is 6.94. The van der Waals surface area contributed by atoms with Gasteiger partial charge in [0.05, 0.1) is 5.56 Å². The number of nitrogens with one attached hydrogen (secondary N) is 2. The summed E-state index contributed by atoms with van der Waals surface area (Å²) >= 11 is 0.687. The molecule has 0 radical (unpaired) electrons. The topological polar surface area (TPSA) is 77.8 Å². The van der Waals surface area contributed by atoms with Gasteiger partial charge in [-0.05, 0) is 43.4 Å². The fourth-order valence-electron chi connectivity index (χ4n) is 3.34. The lowest BCUT2D eigenvalue weighted by molar-refractivity contribution is -0.293. The first-order valence-electron chi connectivity index (χ1n) is 9.19. The van der Waals surface area contributed by atoms with Gasteiger partial charge in [0.15, 0.2) is 0 Å². The number of carbonyl (C=O) groups is 1. The number of amides is 1. The largest absolute Gasteiger partial charge is 0.439 e. The highest BCUT2D eigenvalue weighted by molar-refractivity contribution is 7.16. The second kappa shape index (κ2) is 8.37. The first-order valence-corrected chi connectivity index (χ1v) is 10.0. The third-order valence-electron chi connectivity index (χ3n) is 4.93. The van der Waals surface area contributed by atoms with Crippen molar-refractivity contribution >= 4 is 22.2 Å². The normalized spacial score (nSPS) is 14.9. The van der Waals surface area contributed by atoms with Crippen molar-refractivity contribution in [2.24, 2.45) is 0 Å². The Labute approximate surface area is 177 Å². The fourth-order valence-corrected chi connectivity index (χ4v) is 4.64. The van der Waals surface area contributed by atoms with Crippen molar-refractivity contribution in [3.05, 3.63) is 46.1 Å². The number of anilines is 1. The van der Waals surface area contributed by atoms with E-state index in [0.29, 0.717) is 41.0 Å². The van der Waals surface area contributed by atoms with Crippen LogP contribution in [0.1, 0.15) is 45.6 Å². The predicted molar refractivity (Wildman–Crippen MR) is 100 cm³/mol. The number of carbonyl (C=O) groups excluding carboxylic acids is 1. The molecule has 0 bridgehead atoms. The van der Waals surface area contributed by atoms with E-state index in [2.05, 4.69) is 4.98 Å². The molecule has 12 heteroatoms. The van der Waals surface area contributed by atoms with Crippen LogP contribution in [0.4, 0.5) is 31.3 Å². The summed E-state index contributed by atoms with van der Waals surface area (Å²) in [6.45, 7) is 0. The van der Waals surface area contributed by atoms with Crippen LogP contribution in [0.25, 0.3) is 0 Å². The molecule has 1 aliphatic rings. The lowest BCUT2D eigenvalue weighted by atomic mass is 10.0. The van der Waals surface area contributed by atoms with Crippen LogP contribution in [-0.4, -0.2) is 28.9 Å². The van der Waals surface area contributed by atoms with Crippen molar-refractivity contribution in [1.29, 1.82) is 5.26 Å². The number of rotatable bonds is 4. The number of hydrogen-bond acceptors (Lipinski definition) is 5. The molecule has 0 aliphatic heterocycles. The summed E-state index contributed by atoms with van der Waals surface area (Å²) in [5.41, 5.74) is -5.02. The zero-order valence-electron chi connectivity index (χ0n) is 15.8. The molecule has 1 aliphatic carbocycles. The Hall–Kier alpha value is -2.81. The van der Waals surface area contributed by atoms with E-state index in [1.54, 1.807) is 6.07 Å². The van der Waals surface area contributed by atoms with E-state index < -0.39 is 34.5 Å². The quantitative estimate of drug-likeness (QED) is 0.383. The smallest absolute Gasteiger partial charge is 0.338 e. The highest BCUT2D eigenvalue weighted by atomic mass is 32.1. The van der Waals surface area contributed by atoms with Crippen molar-refractivity contribution in [3.8, 4) is 6.07 Å². The zero-order valence-corrected chi connectivity index (χ0v) is 16.6. The minimum atomic E-state index is -5.97. The molecule has 0 unspecified atom stereocenters. The van der Waals surface area contributed by atoms with E-state index in [1.165, 1.54) is 5.32 Å². The zero-order chi connectivity index (χ0) is 22.9. The van der Waals surface area contributed by atoms with Gasteiger partial charge in [0, 0.05) is 22.8 Å².